The van der Waals surface area contributed by atoms with E-state index in [-0.39, 0.29) is 4.90 Å². The molecule has 5 nitrogen and oxygen atoms in total. The summed E-state index contributed by atoms with van der Waals surface area (Å²) in [4.78, 5) is 0.181. The Labute approximate surface area is 124 Å². The summed E-state index contributed by atoms with van der Waals surface area (Å²) in [7, 11) is -1.87. The Hall–Kier alpha value is -2.34. The third-order valence-corrected chi connectivity index (χ3v) is 3.94. The van der Waals surface area contributed by atoms with Crippen molar-refractivity contribution in [2.75, 3.05) is 18.8 Å². The second-order valence-corrected chi connectivity index (χ2v) is 6.40. The molecule has 0 bridgehead atoms. The Bertz CT molecular complexity index is 741. The smallest absolute Gasteiger partial charge is 0.176 e. The van der Waals surface area contributed by atoms with E-state index in [1.807, 2.05) is 30.3 Å². The largest absolute Gasteiger partial charge is 0.497 e. The van der Waals surface area contributed by atoms with Crippen LogP contribution < -0.4 is 10.2 Å². The van der Waals surface area contributed by atoms with Crippen LogP contribution in [-0.2, 0) is 9.84 Å². The van der Waals surface area contributed by atoms with E-state index in [9.17, 15) is 8.42 Å². The number of rotatable bonds is 5. The topological polar surface area (TPSA) is 67.8 Å². The predicted octanol–water partition coefficient (Wildman–Crippen LogP) is 2.54. The molecule has 0 aliphatic rings. The average molecular weight is 304 g/mol. The van der Waals surface area contributed by atoms with Crippen molar-refractivity contribution in [2.45, 2.75) is 4.90 Å². The van der Waals surface area contributed by atoms with Crippen LogP contribution in [0.1, 0.15) is 5.56 Å². The number of hydrazone groups is 1. The van der Waals surface area contributed by atoms with Crippen molar-refractivity contribution in [2.24, 2.45) is 5.10 Å². The highest BCUT2D eigenvalue weighted by molar-refractivity contribution is 7.90. The molecule has 0 heterocycles. The van der Waals surface area contributed by atoms with Gasteiger partial charge in [0, 0.05) is 11.8 Å². The predicted molar refractivity (Wildman–Crippen MR) is 83.8 cm³/mol. The van der Waals surface area contributed by atoms with Gasteiger partial charge in [-0.1, -0.05) is 18.2 Å². The first-order valence-corrected chi connectivity index (χ1v) is 8.12. The maximum Gasteiger partial charge on any atom is 0.176 e. The van der Waals surface area contributed by atoms with Gasteiger partial charge in [-0.05, 0) is 30.3 Å². The van der Waals surface area contributed by atoms with Crippen LogP contribution in [0.2, 0.25) is 0 Å². The maximum atomic E-state index is 11.8. The zero-order chi connectivity index (χ0) is 15.3. The fourth-order valence-electron chi connectivity index (χ4n) is 1.76. The molecule has 6 heteroatoms. The van der Waals surface area contributed by atoms with Gasteiger partial charge >= 0.3 is 0 Å². The van der Waals surface area contributed by atoms with Crippen LogP contribution >= 0.6 is 0 Å². The summed E-state index contributed by atoms with van der Waals surface area (Å²) >= 11 is 0. The molecule has 0 unspecified atom stereocenters. The average Bonchev–Trinajstić information content (AvgIpc) is 2.47. The van der Waals surface area contributed by atoms with Gasteiger partial charge in [0.15, 0.2) is 9.84 Å². The monoisotopic (exact) mass is 304 g/mol. The Kier molecular flexibility index (Phi) is 4.59. The molecule has 0 spiro atoms. The lowest BCUT2D eigenvalue weighted by Crippen LogP contribution is -2.03. The van der Waals surface area contributed by atoms with E-state index in [4.69, 9.17) is 4.74 Å². The minimum Gasteiger partial charge on any atom is -0.497 e. The molecule has 1 N–H and O–H groups in total. The van der Waals surface area contributed by atoms with E-state index in [2.05, 4.69) is 10.5 Å². The van der Waals surface area contributed by atoms with Crippen LogP contribution in [0.4, 0.5) is 5.69 Å². The summed E-state index contributed by atoms with van der Waals surface area (Å²) < 4.78 is 28.7. The van der Waals surface area contributed by atoms with Crippen LogP contribution in [0.3, 0.4) is 0 Å². The molecular formula is C15H16N2O3S. The molecule has 2 aromatic rings. The van der Waals surface area contributed by atoms with Crippen LogP contribution in [0, 0.1) is 0 Å². The second kappa shape index (κ2) is 6.41. The molecule has 0 fully saturated rings. The highest BCUT2D eigenvalue weighted by atomic mass is 32.2. The van der Waals surface area contributed by atoms with Gasteiger partial charge in [-0.3, -0.25) is 5.43 Å². The standard InChI is InChI=1S/C15H16N2O3S/c1-20-14-9-8-12(15(10-14)21(2,18)19)11-16-17-13-6-4-3-5-7-13/h3-11,17H,1-2H3. The van der Waals surface area contributed by atoms with Crippen LogP contribution in [-0.4, -0.2) is 28.0 Å². The Morgan fingerprint density at radius 1 is 1.14 bits per heavy atom. The molecule has 0 amide bonds. The highest BCUT2D eigenvalue weighted by Gasteiger charge is 2.13. The molecule has 0 saturated carbocycles. The molecule has 21 heavy (non-hydrogen) atoms. The molecule has 0 aromatic heterocycles. The quantitative estimate of drug-likeness (QED) is 0.681. The third kappa shape index (κ3) is 4.06. The molecule has 0 aliphatic heterocycles. The molecule has 110 valence electrons. The van der Waals surface area contributed by atoms with E-state index < -0.39 is 9.84 Å². The molecule has 0 radical (unpaired) electrons. The first-order chi connectivity index (χ1) is 10.0. The lowest BCUT2D eigenvalue weighted by atomic mass is 10.2. The summed E-state index contributed by atoms with van der Waals surface area (Å²) in [6.45, 7) is 0. The van der Waals surface area contributed by atoms with Crippen LogP contribution in [0.5, 0.6) is 5.75 Å². The van der Waals surface area contributed by atoms with E-state index in [1.165, 1.54) is 19.4 Å². The fourth-order valence-corrected chi connectivity index (χ4v) is 2.64. The molecule has 2 rings (SSSR count). The van der Waals surface area contributed by atoms with Gasteiger partial charge in [-0.25, -0.2) is 8.42 Å². The van der Waals surface area contributed by atoms with Gasteiger partial charge in [-0.2, -0.15) is 5.10 Å². The highest BCUT2D eigenvalue weighted by Crippen LogP contribution is 2.21. The molecule has 2 aromatic carbocycles. The minimum atomic E-state index is -3.36. The Balaban J connectivity index is 2.27. The first kappa shape index (κ1) is 15.1. The summed E-state index contributed by atoms with van der Waals surface area (Å²) in [6, 6.07) is 14.2. The minimum absolute atomic E-state index is 0.181. The summed E-state index contributed by atoms with van der Waals surface area (Å²) in [5, 5.41) is 4.06. The second-order valence-electron chi connectivity index (χ2n) is 4.41. The zero-order valence-electron chi connectivity index (χ0n) is 11.8. The zero-order valence-corrected chi connectivity index (χ0v) is 12.6. The summed E-state index contributed by atoms with van der Waals surface area (Å²) in [5.41, 5.74) is 4.17. The van der Waals surface area contributed by atoms with E-state index >= 15 is 0 Å². The number of sulfone groups is 1. The van der Waals surface area contributed by atoms with Gasteiger partial charge < -0.3 is 4.74 Å². The van der Waals surface area contributed by atoms with E-state index in [1.54, 1.807) is 12.1 Å². The van der Waals surface area contributed by atoms with Crippen molar-refractivity contribution in [1.82, 2.24) is 0 Å². The molecule has 0 atom stereocenters. The maximum absolute atomic E-state index is 11.8. The van der Waals surface area contributed by atoms with Gasteiger partial charge in [0.25, 0.3) is 0 Å². The fraction of sp³-hybridized carbons (Fsp3) is 0.133. The number of para-hydroxylation sites is 1. The van der Waals surface area contributed by atoms with Gasteiger partial charge in [0.1, 0.15) is 5.75 Å². The number of hydrogen-bond acceptors (Lipinski definition) is 5. The van der Waals surface area contributed by atoms with Crippen LogP contribution in [0.25, 0.3) is 0 Å². The first-order valence-electron chi connectivity index (χ1n) is 6.23. The van der Waals surface area contributed by atoms with Crippen molar-refractivity contribution in [3.8, 4) is 5.75 Å². The number of nitrogens with one attached hydrogen (secondary N) is 1. The normalized spacial score (nSPS) is 11.5. The van der Waals surface area contributed by atoms with E-state index in [0.29, 0.717) is 11.3 Å². The summed E-state index contributed by atoms with van der Waals surface area (Å²) in [5.74, 6) is 0.489. The van der Waals surface area contributed by atoms with E-state index in [0.717, 1.165) is 11.9 Å². The van der Waals surface area contributed by atoms with Crippen LogP contribution in [0.15, 0.2) is 58.5 Å². The Morgan fingerprint density at radius 3 is 2.48 bits per heavy atom. The third-order valence-electron chi connectivity index (χ3n) is 2.79. The summed E-state index contributed by atoms with van der Waals surface area (Å²) in [6.07, 6.45) is 2.63. The van der Waals surface area contributed by atoms with Gasteiger partial charge in [0.2, 0.25) is 0 Å². The van der Waals surface area contributed by atoms with Gasteiger partial charge in [0.05, 0.1) is 23.9 Å². The molecule has 0 saturated heterocycles. The van der Waals surface area contributed by atoms with Crippen molar-refractivity contribution in [3.05, 3.63) is 54.1 Å². The number of methoxy groups -OCH3 is 1. The number of anilines is 1. The van der Waals surface area contributed by atoms with Crippen molar-refractivity contribution in [1.29, 1.82) is 0 Å². The molecule has 0 aliphatic carbocycles. The van der Waals surface area contributed by atoms with Gasteiger partial charge in [-0.15, -0.1) is 0 Å². The SMILES string of the molecule is COc1ccc(C=NNc2ccccc2)c(S(C)(=O)=O)c1. The molecular weight excluding hydrogens is 288 g/mol. The number of ether oxygens (including phenoxy) is 1. The Morgan fingerprint density at radius 2 is 1.86 bits per heavy atom. The lowest BCUT2D eigenvalue weighted by Gasteiger charge is -2.06. The van der Waals surface area contributed by atoms with Crippen molar-refractivity contribution < 1.29 is 13.2 Å². The number of hydrogen-bond donors (Lipinski definition) is 1. The number of benzene rings is 2. The van der Waals surface area contributed by atoms with Crippen molar-refractivity contribution in [3.63, 3.8) is 0 Å². The van der Waals surface area contributed by atoms with Crippen molar-refractivity contribution >= 4 is 21.7 Å². The number of nitrogens with zero attached hydrogens (tertiary/aromatic N) is 1. The lowest BCUT2D eigenvalue weighted by molar-refractivity contribution is 0.413.